The van der Waals surface area contributed by atoms with Crippen LogP contribution in [0.1, 0.15) is 24.3 Å². The molecule has 1 heterocycles. The standard InChI is InChI=1S/C14H15NO/c1-4-12(15-5-2)14-9-11-8-10(3)6-7-13(11)16-14/h1,6-9,12,15H,5H2,2-3H3. The van der Waals surface area contributed by atoms with Crippen molar-refractivity contribution in [2.24, 2.45) is 0 Å². The first-order valence-corrected chi connectivity index (χ1v) is 5.44. The van der Waals surface area contributed by atoms with Crippen LogP contribution in [-0.4, -0.2) is 6.54 Å². The summed E-state index contributed by atoms with van der Waals surface area (Å²) in [6, 6.07) is 7.98. The molecule has 1 aromatic heterocycles. The van der Waals surface area contributed by atoms with Crippen LogP contribution < -0.4 is 5.32 Å². The first kappa shape index (κ1) is 10.8. The van der Waals surface area contributed by atoms with Gasteiger partial charge in [-0.25, -0.2) is 0 Å². The van der Waals surface area contributed by atoms with Gasteiger partial charge in [-0.15, -0.1) is 6.42 Å². The summed E-state index contributed by atoms with van der Waals surface area (Å²) in [6.45, 7) is 4.91. The molecule has 2 nitrogen and oxygen atoms in total. The highest BCUT2D eigenvalue weighted by atomic mass is 16.3. The van der Waals surface area contributed by atoms with E-state index in [0.29, 0.717) is 0 Å². The minimum absolute atomic E-state index is 0.141. The minimum Gasteiger partial charge on any atom is -0.458 e. The highest BCUT2D eigenvalue weighted by molar-refractivity contribution is 5.78. The molecule has 0 aliphatic heterocycles. The fourth-order valence-corrected chi connectivity index (χ4v) is 1.77. The molecule has 0 amide bonds. The number of terminal acetylenes is 1. The molecule has 1 aromatic carbocycles. The van der Waals surface area contributed by atoms with Crippen molar-refractivity contribution in [2.75, 3.05) is 6.54 Å². The van der Waals surface area contributed by atoms with E-state index in [0.717, 1.165) is 23.3 Å². The van der Waals surface area contributed by atoms with Crippen molar-refractivity contribution in [3.05, 3.63) is 35.6 Å². The lowest BCUT2D eigenvalue weighted by Gasteiger charge is -2.06. The maximum absolute atomic E-state index is 5.72. The fourth-order valence-electron chi connectivity index (χ4n) is 1.77. The van der Waals surface area contributed by atoms with Gasteiger partial charge in [0.25, 0.3) is 0 Å². The van der Waals surface area contributed by atoms with E-state index >= 15 is 0 Å². The van der Waals surface area contributed by atoms with Gasteiger partial charge in [0, 0.05) is 5.39 Å². The third kappa shape index (κ3) is 1.95. The van der Waals surface area contributed by atoms with Gasteiger partial charge in [0.05, 0.1) is 0 Å². The van der Waals surface area contributed by atoms with Crippen LogP contribution in [0, 0.1) is 19.3 Å². The lowest BCUT2D eigenvalue weighted by Crippen LogP contribution is -2.18. The van der Waals surface area contributed by atoms with E-state index < -0.39 is 0 Å². The summed E-state index contributed by atoms with van der Waals surface area (Å²) in [6.07, 6.45) is 5.47. The molecule has 0 saturated carbocycles. The van der Waals surface area contributed by atoms with Crippen molar-refractivity contribution >= 4 is 11.0 Å². The average molecular weight is 213 g/mol. The second-order valence-electron chi connectivity index (χ2n) is 3.85. The summed E-state index contributed by atoms with van der Waals surface area (Å²) in [5, 5.41) is 4.30. The Morgan fingerprint density at radius 2 is 2.25 bits per heavy atom. The van der Waals surface area contributed by atoms with Crippen molar-refractivity contribution in [1.29, 1.82) is 0 Å². The summed E-state index contributed by atoms with van der Waals surface area (Å²) in [4.78, 5) is 0. The summed E-state index contributed by atoms with van der Waals surface area (Å²) in [5.41, 5.74) is 2.11. The van der Waals surface area contributed by atoms with E-state index in [1.54, 1.807) is 0 Å². The zero-order chi connectivity index (χ0) is 11.5. The third-order valence-electron chi connectivity index (χ3n) is 2.55. The zero-order valence-electron chi connectivity index (χ0n) is 9.58. The molecule has 1 atom stereocenters. The molecule has 16 heavy (non-hydrogen) atoms. The van der Waals surface area contributed by atoms with Gasteiger partial charge in [0.15, 0.2) is 0 Å². The highest BCUT2D eigenvalue weighted by Crippen LogP contribution is 2.24. The number of benzene rings is 1. The predicted molar refractivity (Wildman–Crippen MR) is 66.2 cm³/mol. The molecule has 0 aliphatic carbocycles. The molecule has 1 unspecified atom stereocenters. The van der Waals surface area contributed by atoms with Gasteiger partial charge in [-0.2, -0.15) is 0 Å². The molecule has 2 aromatic rings. The second-order valence-corrected chi connectivity index (χ2v) is 3.85. The molecular weight excluding hydrogens is 198 g/mol. The van der Waals surface area contributed by atoms with Gasteiger partial charge in [-0.05, 0) is 31.7 Å². The summed E-state index contributed by atoms with van der Waals surface area (Å²) < 4.78 is 5.72. The van der Waals surface area contributed by atoms with E-state index in [-0.39, 0.29) is 6.04 Å². The molecule has 0 aliphatic rings. The Kier molecular flexibility index (Phi) is 2.98. The molecule has 2 rings (SSSR count). The smallest absolute Gasteiger partial charge is 0.134 e. The Bertz CT molecular complexity index is 533. The normalized spacial score (nSPS) is 12.6. The number of hydrogen-bond donors (Lipinski definition) is 1. The zero-order valence-corrected chi connectivity index (χ0v) is 9.58. The maximum Gasteiger partial charge on any atom is 0.134 e. The maximum atomic E-state index is 5.72. The summed E-state index contributed by atoms with van der Waals surface area (Å²) >= 11 is 0. The Labute approximate surface area is 95.6 Å². The lowest BCUT2D eigenvalue weighted by atomic mass is 10.1. The van der Waals surface area contributed by atoms with E-state index in [1.807, 2.05) is 25.1 Å². The van der Waals surface area contributed by atoms with Crippen molar-refractivity contribution < 1.29 is 4.42 Å². The van der Waals surface area contributed by atoms with Crippen LogP contribution >= 0.6 is 0 Å². The first-order chi connectivity index (χ1) is 7.74. The van der Waals surface area contributed by atoms with Gasteiger partial charge < -0.3 is 4.42 Å². The van der Waals surface area contributed by atoms with Gasteiger partial charge in [0.2, 0.25) is 0 Å². The molecule has 82 valence electrons. The SMILES string of the molecule is C#CC(NCC)c1cc2cc(C)ccc2o1. The predicted octanol–water partition coefficient (Wildman–Crippen LogP) is 3.03. The summed E-state index contributed by atoms with van der Waals surface area (Å²) in [5.74, 6) is 3.50. The monoisotopic (exact) mass is 213 g/mol. The molecule has 0 fully saturated rings. The van der Waals surface area contributed by atoms with Crippen LogP contribution in [0.2, 0.25) is 0 Å². The molecular formula is C14H15NO. The van der Waals surface area contributed by atoms with Gasteiger partial charge in [-0.3, -0.25) is 5.32 Å². The highest BCUT2D eigenvalue weighted by Gasteiger charge is 2.12. The molecule has 0 saturated heterocycles. The molecule has 0 radical (unpaired) electrons. The molecule has 1 N–H and O–H groups in total. The Morgan fingerprint density at radius 1 is 1.44 bits per heavy atom. The van der Waals surface area contributed by atoms with E-state index in [2.05, 4.69) is 24.2 Å². The minimum atomic E-state index is -0.141. The van der Waals surface area contributed by atoms with Gasteiger partial charge >= 0.3 is 0 Å². The number of nitrogens with one attached hydrogen (secondary N) is 1. The van der Waals surface area contributed by atoms with Crippen molar-refractivity contribution in [3.63, 3.8) is 0 Å². The Morgan fingerprint density at radius 3 is 2.94 bits per heavy atom. The van der Waals surface area contributed by atoms with Crippen LogP contribution in [0.3, 0.4) is 0 Å². The number of aryl methyl sites for hydroxylation is 1. The Hall–Kier alpha value is -1.72. The topological polar surface area (TPSA) is 25.2 Å². The van der Waals surface area contributed by atoms with Crippen molar-refractivity contribution in [3.8, 4) is 12.3 Å². The largest absolute Gasteiger partial charge is 0.458 e. The van der Waals surface area contributed by atoms with E-state index in [4.69, 9.17) is 10.8 Å². The van der Waals surface area contributed by atoms with Gasteiger partial charge in [-0.1, -0.05) is 24.5 Å². The lowest BCUT2D eigenvalue weighted by molar-refractivity contribution is 0.492. The van der Waals surface area contributed by atoms with Crippen LogP contribution in [0.25, 0.3) is 11.0 Å². The van der Waals surface area contributed by atoms with Crippen LogP contribution in [0.4, 0.5) is 0 Å². The van der Waals surface area contributed by atoms with Gasteiger partial charge in [0.1, 0.15) is 17.4 Å². The van der Waals surface area contributed by atoms with E-state index in [9.17, 15) is 0 Å². The number of furan rings is 1. The third-order valence-corrected chi connectivity index (χ3v) is 2.55. The number of rotatable bonds is 3. The molecule has 0 spiro atoms. The first-order valence-electron chi connectivity index (χ1n) is 5.44. The Balaban J connectivity index is 2.42. The van der Waals surface area contributed by atoms with Crippen LogP contribution in [0.5, 0.6) is 0 Å². The second kappa shape index (κ2) is 4.42. The van der Waals surface area contributed by atoms with E-state index in [1.165, 1.54) is 5.56 Å². The fraction of sp³-hybridized carbons (Fsp3) is 0.286. The van der Waals surface area contributed by atoms with Crippen molar-refractivity contribution in [1.82, 2.24) is 5.32 Å². The number of fused-ring (bicyclic) bond motifs is 1. The van der Waals surface area contributed by atoms with Crippen molar-refractivity contribution in [2.45, 2.75) is 19.9 Å². The molecule has 2 heteroatoms. The number of hydrogen-bond acceptors (Lipinski definition) is 2. The summed E-state index contributed by atoms with van der Waals surface area (Å²) in [7, 11) is 0. The van der Waals surface area contributed by atoms with Crippen LogP contribution in [-0.2, 0) is 0 Å². The average Bonchev–Trinajstić information content (AvgIpc) is 2.68. The quantitative estimate of drug-likeness (QED) is 0.793. The molecule has 0 bridgehead atoms. The van der Waals surface area contributed by atoms with Crippen LogP contribution in [0.15, 0.2) is 28.7 Å².